The lowest BCUT2D eigenvalue weighted by atomic mass is 9.99. The summed E-state index contributed by atoms with van der Waals surface area (Å²) in [6.07, 6.45) is 2.59. The van der Waals surface area contributed by atoms with E-state index in [2.05, 4.69) is 54.7 Å². The van der Waals surface area contributed by atoms with Gasteiger partial charge < -0.3 is 10.2 Å². The number of piperidine rings is 1. The second kappa shape index (κ2) is 5.95. The molecule has 0 aromatic carbocycles. The molecule has 0 atom stereocenters. The third-order valence-corrected chi connectivity index (χ3v) is 4.08. The fourth-order valence-electron chi connectivity index (χ4n) is 2.82. The van der Waals surface area contributed by atoms with Gasteiger partial charge in [0.15, 0.2) is 0 Å². The molecule has 1 saturated heterocycles. The highest BCUT2D eigenvalue weighted by molar-refractivity contribution is 5.50. The van der Waals surface area contributed by atoms with E-state index >= 15 is 0 Å². The van der Waals surface area contributed by atoms with Crippen molar-refractivity contribution >= 4 is 5.82 Å². The van der Waals surface area contributed by atoms with Crippen LogP contribution in [0.25, 0.3) is 0 Å². The summed E-state index contributed by atoms with van der Waals surface area (Å²) < 4.78 is 2.06. The van der Waals surface area contributed by atoms with Gasteiger partial charge in [-0.25, -0.2) is 0 Å². The highest BCUT2D eigenvalue weighted by Crippen LogP contribution is 2.27. The Balaban J connectivity index is 2.18. The number of aryl methyl sites for hydroxylation is 2. The molecule has 1 fully saturated rings. The van der Waals surface area contributed by atoms with Crippen molar-refractivity contribution in [2.24, 2.45) is 13.0 Å². The van der Waals surface area contributed by atoms with E-state index in [0.29, 0.717) is 6.04 Å². The van der Waals surface area contributed by atoms with E-state index in [4.69, 9.17) is 0 Å². The molecule has 108 valence electrons. The van der Waals surface area contributed by atoms with Crippen LogP contribution in [0.15, 0.2) is 0 Å². The maximum Gasteiger partial charge on any atom is 0.131 e. The van der Waals surface area contributed by atoms with Crippen LogP contribution in [0.3, 0.4) is 0 Å². The predicted octanol–water partition coefficient (Wildman–Crippen LogP) is 2.46. The van der Waals surface area contributed by atoms with Crippen LogP contribution in [-0.2, 0) is 13.6 Å². The van der Waals surface area contributed by atoms with Crippen molar-refractivity contribution in [3.05, 3.63) is 11.3 Å². The standard InChI is InChI=1S/C15H28N4/c1-11(2)16-10-14-13(4)17-18(5)15(14)19-8-6-12(3)7-9-19/h11-12,16H,6-10H2,1-5H3. The van der Waals surface area contributed by atoms with Gasteiger partial charge in [0, 0.05) is 38.3 Å². The minimum absolute atomic E-state index is 0.508. The zero-order chi connectivity index (χ0) is 14.0. The lowest BCUT2D eigenvalue weighted by molar-refractivity contribution is 0.432. The van der Waals surface area contributed by atoms with Gasteiger partial charge in [0.25, 0.3) is 0 Å². The fraction of sp³-hybridized carbons (Fsp3) is 0.800. The summed E-state index contributed by atoms with van der Waals surface area (Å²) >= 11 is 0. The average Bonchev–Trinajstić information content (AvgIpc) is 2.62. The quantitative estimate of drug-likeness (QED) is 0.907. The third kappa shape index (κ3) is 3.30. The maximum atomic E-state index is 4.62. The molecule has 1 aromatic rings. The molecule has 2 heterocycles. The molecule has 0 saturated carbocycles. The average molecular weight is 264 g/mol. The summed E-state index contributed by atoms with van der Waals surface area (Å²) in [6.45, 7) is 12.1. The molecular formula is C15H28N4. The van der Waals surface area contributed by atoms with Crippen LogP contribution < -0.4 is 10.2 Å². The molecule has 1 aliphatic heterocycles. The zero-order valence-electron chi connectivity index (χ0n) is 13.0. The largest absolute Gasteiger partial charge is 0.357 e. The van der Waals surface area contributed by atoms with Crippen molar-refractivity contribution in [2.45, 2.75) is 53.1 Å². The Morgan fingerprint density at radius 3 is 2.53 bits per heavy atom. The van der Waals surface area contributed by atoms with Crippen LogP contribution in [0.4, 0.5) is 5.82 Å². The van der Waals surface area contributed by atoms with Crippen LogP contribution in [0.1, 0.15) is 44.9 Å². The Hall–Kier alpha value is -1.03. The first-order chi connectivity index (χ1) is 8.99. The lowest BCUT2D eigenvalue weighted by Gasteiger charge is -2.32. The molecular weight excluding hydrogens is 236 g/mol. The van der Waals surface area contributed by atoms with Crippen molar-refractivity contribution in [1.29, 1.82) is 0 Å². The molecule has 4 nitrogen and oxygen atoms in total. The van der Waals surface area contributed by atoms with Gasteiger partial charge in [0.1, 0.15) is 5.82 Å². The Morgan fingerprint density at radius 2 is 1.95 bits per heavy atom. The minimum Gasteiger partial charge on any atom is -0.357 e. The van der Waals surface area contributed by atoms with E-state index in [1.807, 2.05) is 0 Å². The van der Waals surface area contributed by atoms with Gasteiger partial charge in [-0.15, -0.1) is 0 Å². The fourth-order valence-corrected chi connectivity index (χ4v) is 2.82. The van der Waals surface area contributed by atoms with E-state index in [9.17, 15) is 0 Å². The topological polar surface area (TPSA) is 33.1 Å². The van der Waals surface area contributed by atoms with Gasteiger partial charge in [-0.05, 0) is 25.7 Å². The molecule has 0 unspecified atom stereocenters. The van der Waals surface area contributed by atoms with Crippen molar-refractivity contribution in [3.63, 3.8) is 0 Å². The van der Waals surface area contributed by atoms with Gasteiger partial charge in [0.05, 0.1) is 5.69 Å². The number of nitrogens with zero attached hydrogens (tertiary/aromatic N) is 3. The molecule has 4 heteroatoms. The summed E-state index contributed by atoms with van der Waals surface area (Å²) in [5, 5.41) is 8.14. The SMILES string of the molecule is Cc1nn(C)c(N2CCC(C)CC2)c1CNC(C)C. The number of nitrogens with one attached hydrogen (secondary N) is 1. The van der Waals surface area contributed by atoms with Gasteiger partial charge in [-0.3, -0.25) is 4.68 Å². The molecule has 0 radical (unpaired) electrons. The first-order valence-electron chi connectivity index (χ1n) is 7.49. The maximum absolute atomic E-state index is 4.62. The van der Waals surface area contributed by atoms with E-state index in [1.165, 1.54) is 24.2 Å². The number of aromatic nitrogens is 2. The van der Waals surface area contributed by atoms with Crippen molar-refractivity contribution in [3.8, 4) is 0 Å². The minimum atomic E-state index is 0.508. The monoisotopic (exact) mass is 264 g/mol. The van der Waals surface area contributed by atoms with E-state index in [1.54, 1.807) is 0 Å². The van der Waals surface area contributed by atoms with Gasteiger partial charge in [-0.1, -0.05) is 20.8 Å². The second-order valence-electron chi connectivity index (χ2n) is 6.22. The Kier molecular flexibility index (Phi) is 4.50. The highest BCUT2D eigenvalue weighted by atomic mass is 15.4. The number of hydrogen-bond acceptors (Lipinski definition) is 3. The molecule has 1 N–H and O–H groups in total. The molecule has 1 aromatic heterocycles. The van der Waals surface area contributed by atoms with Crippen LogP contribution in [0.5, 0.6) is 0 Å². The number of hydrogen-bond donors (Lipinski definition) is 1. The van der Waals surface area contributed by atoms with Crippen LogP contribution in [-0.4, -0.2) is 28.9 Å². The summed E-state index contributed by atoms with van der Waals surface area (Å²) in [7, 11) is 2.07. The van der Waals surface area contributed by atoms with Crippen molar-refractivity contribution in [2.75, 3.05) is 18.0 Å². The lowest BCUT2D eigenvalue weighted by Crippen LogP contribution is -2.35. The first-order valence-corrected chi connectivity index (χ1v) is 7.49. The van der Waals surface area contributed by atoms with Crippen LogP contribution in [0.2, 0.25) is 0 Å². The number of rotatable bonds is 4. The Bertz CT molecular complexity index is 414. The highest BCUT2D eigenvalue weighted by Gasteiger charge is 2.23. The first kappa shape index (κ1) is 14.4. The Morgan fingerprint density at radius 1 is 1.32 bits per heavy atom. The number of anilines is 1. The van der Waals surface area contributed by atoms with Crippen LogP contribution in [0, 0.1) is 12.8 Å². The molecule has 1 aliphatic rings. The van der Waals surface area contributed by atoms with Gasteiger partial charge >= 0.3 is 0 Å². The molecule has 19 heavy (non-hydrogen) atoms. The smallest absolute Gasteiger partial charge is 0.131 e. The van der Waals surface area contributed by atoms with E-state index in [0.717, 1.165) is 31.2 Å². The molecule has 0 amide bonds. The summed E-state index contributed by atoms with van der Waals surface area (Å²) in [4.78, 5) is 2.51. The van der Waals surface area contributed by atoms with Crippen LogP contribution >= 0.6 is 0 Å². The third-order valence-electron chi connectivity index (χ3n) is 4.08. The Labute approximate surface area is 117 Å². The van der Waals surface area contributed by atoms with Gasteiger partial charge in [0.2, 0.25) is 0 Å². The summed E-state index contributed by atoms with van der Waals surface area (Å²) in [5.74, 6) is 2.18. The molecule has 0 bridgehead atoms. The second-order valence-corrected chi connectivity index (χ2v) is 6.22. The molecule has 0 aliphatic carbocycles. The van der Waals surface area contributed by atoms with E-state index < -0.39 is 0 Å². The molecule has 0 spiro atoms. The van der Waals surface area contributed by atoms with Crippen molar-refractivity contribution in [1.82, 2.24) is 15.1 Å². The van der Waals surface area contributed by atoms with Gasteiger partial charge in [-0.2, -0.15) is 5.10 Å². The zero-order valence-corrected chi connectivity index (χ0v) is 13.0. The summed E-state index contributed by atoms with van der Waals surface area (Å²) in [5.41, 5.74) is 2.52. The predicted molar refractivity (Wildman–Crippen MR) is 80.5 cm³/mol. The van der Waals surface area contributed by atoms with Crippen molar-refractivity contribution < 1.29 is 0 Å². The summed E-state index contributed by atoms with van der Waals surface area (Å²) in [6, 6.07) is 0.508. The molecule has 2 rings (SSSR count). The van der Waals surface area contributed by atoms with E-state index in [-0.39, 0.29) is 0 Å². The normalized spacial score (nSPS) is 17.5.